The van der Waals surface area contributed by atoms with Crippen LogP contribution in [-0.2, 0) is 4.74 Å². The van der Waals surface area contributed by atoms with Gasteiger partial charge in [-0.1, -0.05) is 12.1 Å². The highest BCUT2D eigenvalue weighted by molar-refractivity contribution is 7.10. The summed E-state index contributed by atoms with van der Waals surface area (Å²) >= 11 is 1.33. The summed E-state index contributed by atoms with van der Waals surface area (Å²) in [6.07, 6.45) is 0. The van der Waals surface area contributed by atoms with Gasteiger partial charge < -0.3 is 10.5 Å². The van der Waals surface area contributed by atoms with Gasteiger partial charge in [-0.25, -0.2) is 4.79 Å². The van der Waals surface area contributed by atoms with Crippen LogP contribution in [0.4, 0.5) is 5.69 Å². The molecule has 0 atom stereocenters. The number of nitrogens with two attached hydrogens (primary N) is 1. The highest BCUT2D eigenvalue weighted by Crippen LogP contribution is 2.33. The molecule has 4 nitrogen and oxygen atoms in total. The Kier molecular flexibility index (Phi) is 3.54. The molecule has 0 unspecified atom stereocenters. The molecule has 2 aromatic rings. The lowest BCUT2D eigenvalue weighted by Crippen LogP contribution is -2.09. The Hall–Kier alpha value is -2.32. The third-order valence-corrected chi connectivity index (χ3v) is 3.71. The van der Waals surface area contributed by atoms with Gasteiger partial charge in [0, 0.05) is 5.69 Å². The first-order valence-corrected chi connectivity index (χ1v) is 6.42. The first kappa shape index (κ1) is 13.1. The van der Waals surface area contributed by atoms with E-state index in [-0.39, 0.29) is 0 Å². The average molecular weight is 272 g/mol. The van der Waals surface area contributed by atoms with Crippen molar-refractivity contribution in [3.63, 3.8) is 0 Å². The van der Waals surface area contributed by atoms with Gasteiger partial charge in [-0.3, -0.25) is 0 Å². The maximum atomic E-state index is 11.9. The van der Waals surface area contributed by atoms with E-state index in [2.05, 4.69) is 6.07 Å². The smallest absolute Gasteiger partial charge is 0.340 e. The van der Waals surface area contributed by atoms with Crippen molar-refractivity contribution in [3.8, 4) is 17.2 Å². The molecule has 96 valence electrons. The summed E-state index contributed by atoms with van der Waals surface area (Å²) in [6.45, 7) is 1.83. The van der Waals surface area contributed by atoms with Gasteiger partial charge in [0.05, 0.1) is 12.7 Å². The molecule has 0 saturated carbocycles. The number of carbonyl (C=O) groups is 1. The molecular weight excluding hydrogens is 260 g/mol. The molecule has 0 saturated heterocycles. The van der Waals surface area contributed by atoms with Crippen LogP contribution in [0.5, 0.6) is 0 Å². The van der Waals surface area contributed by atoms with Gasteiger partial charge in [0.1, 0.15) is 10.9 Å². The molecule has 5 heteroatoms. The third kappa shape index (κ3) is 2.30. The van der Waals surface area contributed by atoms with Gasteiger partial charge in [0.25, 0.3) is 0 Å². The van der Waals surface area contributed by atoms with E-state index in [9.17, 15) is 4.79 Å². The number of benzene rings is 1. The lowest BCUT2D eigenvalue weighted by Gasteiger charge is -2.11. The monoisotopic (exact) mass is 272 g/mol. The molecule has 0 aliphatic carbocycles. The van der Waals surface area contributed by atoms with Crippen LogP contribution >= 0.6 is 11.3 Å². The molecule has 0 spiro atoms. The van der Waals surface area contributed by atoms with Crippen LogP contribution in [0.1, 0.15) is 20.8 Å². The van der Waals surface area contributed by atoms with Gasteiger partial charge >= 0.3 is 5.97 Å². The molecule has 0 amide bonds. The number of hydrogen-bond donors (Lipinski definition) is 1. The molecule has 1 aromatic carbocycles. The Labute approximate surface area is 115 Å². The summed E-state index contributed by atoms with van der Waals surface area (Å²) in [5.74, 6) is -0.471. The summed E-state index contributed by atoms with van der Waals surface area (Å²) in [7, 11) is 1.32. The predicted molar refractivity (Wildman–Crippen MR) is 75.0 cm³/mol. The van der Waals surface area contributed by atoms with E-state index in [1.807, 2.05) is 24.4 Å². The van der Waals surface area contributed by atoms with Crippen molar-refractivity contribution in [1.82, 2.24) is 0 Å². The van der Waals surface area contributed by atoms with E-state index in [1.54, 1.807) is 6.07 Å². The molecule has 1 aromatic heterocycles. The number of rotatable bonds is 2. The molecule has 0 fully saturated rings. The number of nitrogens with zero attached hydrogens (tertiary/aromatic N) is 1. The Balaban J connectivity index is 2.66. The number of esters is 1. The van der Waals surface area contributed by atoms with Crippen molar-refractivity contribution in [2.75, 3.05) is 12.8 Å². The maximum absolute atomic E-state index is 11.9. The third-order valence-electron chi connectivity index (χ3n) is 2.87. The van der Waals surface area contributed by atoms with Crippen molar-refractivity contribution in [2.24, 2.45) is 0 Å². The first-order chi connectivity index (χ1) is 9.08. The Morgan fingerprint density at radius 3 is 2.79 bits per heavy atom. The van der Waals surface area contributed by atoms with Gasteiger partial charge in [-0.15, -0.1) is 11.3 Å². The molecule has 0 aliphatic rings. The molecule has 19 heavy (non-hydrogen) atoms. The normalized spacial score (nSPS) is 9.95. The van der Waals surface area contributed by atoms with Crippen LogP contribution in [0.25, 0.3) is 11.1 Å². The lowest BCUT2D eigenvalue weighted by molar-refractivity contribution is 0.0602. The second-order valence-corrected chi connectivity index (χ2v) is 4.93. The number of anilines is 1. The van der Waals surface area contributed by atoms with Crippen LogP contribution in [0.2, 0.25) is 0 Å². The topological polar surface area (TPSA) is 76.1 Å². The van der Waals surface area contributed by atoms with Crippen molar-refractivity contribution in [2.45, 2.75) is 6.92 Å². The number of thiophene rings is 1. The van der Waals surface area contributed by atoms with Crippen molar-refractivity contribution in [1.29, 1.82) is 5.26 Å². The van der Waals surface area contributed by atoms with Gasteiger partial charge in [-0.2, -0.15) is 5.26 Å². The molecule has 2 rings (SSSR count). The minimum absolute atomic E-state index is 0.352. The number of aryl methyl sites for hydroxylation is 1. The summed E-state index contributed by atoms with van der Waals surface area (Å²) in [6, 6.07) is 7.48. The van der Waals surface area contributed by atoms with Crippen molar-refractivity contribution in [3.05, 3.63) is 39.6 Å². The van der Waals surface area contributed by atoms with E-state index in [4.69, 9.17) is 15.7 Å². The van der Waals surface area contributed by atoms with Crippen molar-refractivity contribution < 1.29 is 9.53 Å². The zero-order chi connectivity index (χ0) is 14.0. The number of ether oxygens (including phenoxy) is 1. The van der Waals surface area contributed by atoms with E-state index in [0.717, 1.165) is 11.1 Å². The minimum Gasteiger partial charge on any atom is -0.465 e. The SMILES string of the molecule is COC(=O)c1c(-c2csc(C#N)c2)ccc(C)c1N. The van der Waals surface area contributed by atoms with Gasteiger partial charge in [0.2, 0.25) is 0 Å². The van der Waals surface area contributed by atoms with Crippen LogP contribution in [0.15, 0.2) is 23.6 Å². The van der Waals surface area contributed by atoms with Gasteiger partial charge in [0.15, 0.2) is 0 Å². The molecule has 0 bridgehead atoms. The van der Waals surface area contributed by atoms with E-state index in [1.165, 1.54) is 18.4 Å². The zero-order valence-electron chi connectivity index (χ0n) is 10.6. The number of hydrogen-bond acceptors (Lipinski definition) is 5. The van der Waals surface area contributed by atoms with E-state index < -0.39 is 5.97 Å². The van der Waals surface area contributed by atoms with Crippen LogP contribution in [0, 0.1) is 18.3 Å². The summed E-state index contributed by atoms with van der Waals surface area (Å²) < 4.78 is 4.79. The molecule has 1 heterocycles. The standard InChI is InChI=1S/C14H12N2O2S/c1-8-3-4-11(9-5-10(6-15)19-7-9)12(13(8)16)14(17)18-2/h3-5,7H,16H2,1-2H3. The van der Waals surface area contributed by atoms with Crippen LogP contribution in [-0.4, -0.2) is 13.1 Å². The van der Waals surface area contributed by atoms with Gasteiger partial charge in [-0.05, 0) is 35.1 Å². The van der Waals surface area contributed by atoms with Crippen molar-refractivity contribution >= 4 is 23.0 Å². The first-order valence-electron chi connectivity index (χ1n) is 5.55. The fraction of sp³-hybridized carbons (Fsp3) is 0.143. The highest BCUT2D eigenvalue weighted by atomic mass is 32.1. The zero-order valence-corrected chi connectivity index (χ0v) is 11.4. The molecular formula is C14H12N2O2S. The predicted octanol–water partition coefficient (Wildman–Crippen LogP) is 2.96. The largest absolute Gasteiger partial charge is 0.465 e. The Morgan fingerprint density at radius 2 is 2.21 bits per heavy atom. The summed E-state index contributed by atoms with van der Waals surface area (Å²) in [4.78, 5) is 12.5. The van der Waals surface area contributed by atoms with Crippen LogP contribution in [0.3, 0.4) is 0 Å². The number of nitriles is 1. The molecule has 0 aliphatic heterocycles. The number of methoxy groups -OCH3 is 1. The summed E-state index contributed by atoms with van der Waals surface area (Å²) in [5, 5.41) is 10.7. The Morgan fingerprint density at radius 1 is 1.47 bits per heavy atom. The number of carbonyl (C=O) groups excluding carboxylic acids is 1. The van der Waals surface area contributed by atoms with E-state index in [0.29, 0.717) is 21.7 Å². The second-order valence-electron chi connectivity index (χ2n) is 4.02. The summed E-state index contributed by atoms with van der Waals surface area (Å²) in [5.41, 5.74) is 9.04. The average Bonchev–Trinajstić information content (AvgIpc) is 2.89. The quantitative estimate of drug-likeness (QED) is 0.673. The fourth-order valence-corrected chi connectivity index (χ4v) is 2.52. The maximum Gasteiger partial charge on any atom is 0.340 e. The lowest BCUT2D eigenvalue weighted by atomic mass is 9.97. The van der Waals surface area contributed by atoms with Crippen LogP contribution < -0.4 is 5.73 Å². The number of nitrogen functional groups attached to an aromatic ring is 1. The highest BCUT2D eigenvalue weighted by Gasteiger charge is 2.19. The molecule has 0 radical (unpaired) electrons. The molecule has 2 N–H and O–H groups in total. The second kappa shape index (κ2) is 5.12. The fourth-order valence-electron chi connectivity index (χ4n) is 1.82. The van der Waals surface area contributed by atoms with E-state index >= 15 is 0 Å². The Bertz CT molecular complexity index is 683. The minimum atomic E-state index is -0.471.